The van der Waals surface area contributed by atoms with Gasteiger partial charge in [-0.05, 0) is 65.0 Å². The second kappa shape index (κ2) is 8.80. The highest BCUT2D eigenvalue weighted by Crippen LogP contribution is 2.20. The second-order valence-corrected chi connectivity index (χ2v) is 8.67. The molecule has 1 N–H and O–H groups in total. The van der Waals surface area contributed by atoms with Crippen LogP contribution < -0.4 is 10.2 Å². The first-order chi connectivity index (χ1) is 13.3. The standard InChI is InChI=1S/C21H32N4O3/c1-21(2,3)28-20(27)23-17-9-13-24(14-10-17)18-8-7-16(15-22-18)19(26)25-11-5-4-6-12-25/h7-8,15,17H,4-6,9-14H2,1-3H3,(H,23,27). The summed E-state index contributed by atoms with van der Waals surface area (Å²) in [5, 5.41) is 2.95. The molecular weight excluding hydrogens is 356 g/mol. The van der Waals surface area contributed by atoms with Gasteiger partial charge in [-0.25, -0.2) is 9.78 Å². The predicted molar refractivity (Wildman–Crippen MR) is 109 cm³/mol. The lowest BCUT2D eigenvalue weighted by Crippen LogP contribution is -2.46. The molecule has 0 aliphatic carbocycles. The number of alkyl carbamates (subject to hydrolysis) is 1. The number of ether oxygens (including phenoxy) is 1. The van der Waals surface area contributed by atoms with Gasteiger partial charge in [-0.2, -0.15) is 0 Å². The third-order valence-electron chi connectivity index (χ3n) is 5.18. The van der Waals surface area contributed by atoms with Crippen molar-refractivity contribution in [2.45, 2.75) is 64.5 Å². The molecule has 2 saturated heterocycles. The highest BCUT2D eigenvalue weighted by molar-refractivity contribution is 5.94. The van der Waals surface area contributed by atoms with Crippen LogP contribution in [0, 0.1) is 0 Å². The van der Waals surface area contributed by atoms with E-state index in [1.807, 2.05) is 37.8 Å². The van der Waals surface area contributed by atoms with Gasteiger partial charge in [-0.3, -0.25) is 4.79 Å². The lowest BCUT2D eigenvalue weighted by Gasteiger charge is -2.33. The summed E-state index contributed by atoms with van der Waals surface area (Å²) in [4.78, 5) is 33.1. The quantitative estimate of drug-likeness (QED) is 0.861. The van der Waals surface area contributed by atoms with Gasteiger partial charge < -0.3 is 19.9 Å². The van der Waals surface area contributed by atoms with Crippen molar-refractivity contribution in [3.63, 3.8) is 0 Å². The van der Waals surface area contributed by atoms with E-state index in [0.29, 0.717) is 5.56 Å². The van der Waals surface area contributed by atoms with Gasteiger partial charge >= 0.3 is 6.09 Å². The normalized spacial score (nSPS) is 18.7. The fourth-order valence-corrected chi connectivity index (χ4v) is 3.71. The lowest BCUT2D eigenvalue weighted by molar-refractivity contribution is 0.0497. The minimum Gasteiger partial charge on any atom is -0.444 e. The van der Waals surface area contributed by atoms with Crippen molar-refractivity contribution in [1.29, 1.82) is 0 Å². The summed E-state index contributed by atoms with van der Waals surface area (Å²) in [5.74, 6) is 0.963. The highest BCUT2D eigenvalue weighted by Gasteiger charge is 2.24. The number of hydrogen-bond donors (Lipinski definition) is 1. The number of carbonyl (C=O) groups is 2. The zero-order valence-corrected chi connectivity index (χ0v) is 17.2. The number of piperidine rings is 2. The summed E-state index contributed by atoms with van der Waals surface area (Å²) in [6, 6.07) is 3.93. The summed E-state index contributed by atoms with van der Waals surface area (Å²) in [6.45, 7) is 8.90. The average Bonchev–Trinajstić information content (AvgIpc) is 2.67. The summed E-state index contributed by atoms with van der Waals surface area (Å²) in [5.41, 5.74) is 0.175. The topological polar surface area (TPSA) is 74.8 Å². The highest BCUT2D eigenvalue weighted by atomic mass is 16.6. The molecule has 28 heavy (non-hydrogen) atoms. The first-order valence-corrected chi connectivity index (χ1v) is 10.3. The Morgan fingerprint density at radius 2 is 1.75 bits per heavy atom. The smallest absolute Gasteiger partial charge is 0.407 e. The van der Waals surface area contributed by atoms with Gasteiger partial charge in [0.25, 0.3) is 5.91 Å². The summed E-state index contributed by atoms with van der Waals surface area (Å²) in [7, 11) is 0. The number of anilines is 1. The monoisotopic (exact) mass is 388 g/mol. The molecule has 7 nitrogen and oxygen atoms in total. The van der Waals surface area contributed by atoms with Crippen LogP contribution >= 0.6 is 0 Å². The molecule has 2 amide bonds. The van der Waals surface area contributed by atoms with Gasteiger partial charge in [-0.1, -0.05) is 0 Å². The number of nitrogens with one attached hydrogen (secondary N) is 1. The van der Waals surface area contributed by atoms with Gasteiger partial charge in [-0.15, -0.1) is 0 Å². The van der Waals surface area contributed by atoms with E-state index in [1.54, 1.807) is 6.20 Å². The third kappa shape index (κ3) is 5.59. The van der Waals surface area contributed by atoms with E-state index in [9.17, 15) is 9.59 Å². The van der Waals surface area contributed by atoms with E-state index in [-0.39, 0.29) is 18.0 Å². The van der Waals surface area contributed by atoms with E-state index >= 15 is 0 Å². The molecule has 3 rings (SSSR count). The van der Waals surface area contributed by atoms with Gasteiger partial charge in [0.2, 0.25) is 0 Å². The number of aromatic nitrogens is 1. The minimum atomic E-state index is -0.484. The lowest BCUT2D eigenvalue weighted by atomic mass is 10.1. The molecule has 1 aromatic heterocycles. The molecule has 0 radical (unpaired) electrons. The molecule has 0 saturated carbocycles. The molecule has 1 aromatic rings. The summed E-state index contributed by atoms with van der Waals surface area (Å²) in [6.07, 6.45) is 6.40. The molecule has 2 fully saturated rings. The van der Waals surface area contributed by atoms with Crippen LogP contribution in [0.5, 0.6) is 0 Å². The molecule has 0 bridgehead atoms. The van der Waals surface area contributed by atoms with Crippen LogP contribution in [0.15, 0.2) is 18.3 Å². The Kier molecular flexibility index (Phi) is 6.42. The maximum absolute atomic E-state index is 12.6. The zero-order valence-electron chi connectivity index (χ0n) is 17.2. The van der Waals surface area contributed by atoms with E-state index in [0.717, 1.165) is 57.7 Å². The largest absolute Gasteiger partial charge is 0.444 e. The Hall–Kier alpha value is -2.31. The number of carbonyl (C=O) groups excluding carboxylic acids is 2. The Balaban J connectivity index is 1.49. The van der Waals surface area contributed by atoms with Crippen LogP contribution in [0.3, 0.4) is 0 Å². The number of hydrogen-bond acceptors (Lipinski definition) is 5. The van der Waals surface area contributed by atoms with Crippen LogP contribution in [0.1, 0.15) is 63.2 Å². The van der Waals surface area contributed by atoms with E-state index in [4.69, 9.17) is 4.74 Å². The van der Waals surface area contributed by atoms with Crippen molar-refractivity contribution in [3.8, 4) is 0 Å². The van der Waals surface area contributed by atoms with E-state index in [2.05, 4.69) is 15.2 Å². The van der Waals surface area contributed by atoms with Crippen LogP contribution in [0.4, 0.5) is 10.6 Å². The molecule has 0 aromatic carbocycles. The van der Waals surface area contributed by atoms with Gasteiger partial charge in [0.1, 0.15) is 11.4 Å². The summed E-state index contributed by atoms with van der Waals surface area (Å²) >= 11 is 0. The molecule has 0 atom stereocenters. The van der Waals surface area contributed by atoms with Crippen molar-refractivity contribution >= 4 is 17.8 Å². The van der Waals surface area contributed by atoms with Crippen molar-refractivity contribution < 1.29 is 14.3 Å². The molecule has 7 heteroatoms. The zero-order chi connectivity index (χ0) is 20.1. The first-order valence-electron chi connectivity index (χ1n) is 10.3. The third-order valence-corrected chi connectivity index (χ3v) is 5.18. The predicted octanol–water partition coefficient (Wildman–Crippen LogP) is 3.20. The van der Waals surface area contributed by atoms with Crippen molar-refractivity contribution in [1.82, 2.24) is 15.2 Å². The van der Waals surface area contributed by atoms with Crippen LogP contribution in [0.25, 0.3) is 0 Å². The number of rotatable bonds is 3. The second-order valence-electron chi connectivity index (χ2n) is 8.67. The molecule has 3 heterocycles. The number of likely N-dealkylation sites (tertiary alicyclic amines) is 1. The van der Waals surface area contributed by atoms with Crippen LogP contribution in [-0.4, -0.2) is 59.7 Å². The number of amides is 2. The maximum atomic E-state index is 12.6. The van der Waals surface area contributed by atoms with Crippen molar-refractivity contribution in [2.24, 2.45) is 0 Å². The van der Waals surface area contributed by atoms with Crippen LogP contribution in [0.2, 0.25) is 0 Å². The molecule has 2 aliphatic rings. The fourth-order valence-electron chi connectivity index (χ4n) is 3.71. The van der Waals surface area contributed by atoms with E-state index in [1.165, 1.54) is 6.42 Å². The SMILES string of the molecule is CC(C)(C)OC(=O)NC1CCN(c2ccc(C(=O)N3CCCCC3)cn2)CC1. The number of nitrogens with zero attached hydrogens (tertiary/aromatic N) is 3. The summed E-state index contributed by atoms with van der Waals surface area (Å²) < 4.78 is 5.33. The Labute approximate surface area is 167 Å². The molecule has 154 valence electrons. The Morgan fingerprint density at radius 3 is 2.32 bits per heavy atom. The Bertz CT molecular complexity index is 670. The molecule has 0 spiro atoms. The van der Waals surface area contributed by atoms with Gasteiger partial charge in [0, 0.05) is 38.4 Å². The minimum absolute atomic E-state index is 0.0824. The van der Waals surface area contributed by atoms with Gasteiger partial charge in [0.05, 0.1) is 5.56 Å². The fraction of sp³-hybridized carbons (Fsp3) is 0.667. The van der Waals surface area contributed by atoms with E-state index < -0.39 is 5.60 Å². The maximum Gasteiger partial charge on any atom is 0.407 e. The molecule has 2 aliphatic heterocycles. The molecule has 0 unspecified atom stereocenters. The number of pyridine rings is 1. The van der Waals surface area contributed by atoms with Gasteiger partial charge in [0.15, 0.2) is 0 Å². The molecular formula is C21H32N4O3. The average molecular weight is 389 g/mol. The van der Waals surface area contributed by atoms with Crippen LogP contribution in [-0.2, 0) is 4.74 Å². The Morgan fingerprint density at radius 1 is 1.07 bits per heavy atom. The van der Waals surface area contributed by atoms with Crippen molar-refractivity contribution in [2.75, 3.05) is 31.1 Å². The first kappa shape index (κ1) is 20.4. The van der Waals surface area contributed by atoms with Crippen molar-refractivity contribution in [3.05, 3.63) is 23.9 Å².